The lowest BCUT2D eigenvalue weighted by molar-refractivity contribution is 0.114. The van der Waals surface area contributed by atoms with Crippen molar-refractivity contribution in [2.24, 2.45) is 0 Å². The lowest BCUT2D eigenvalue weighted by Crippen LogP contribution is -2.43. The van der Waals surface area contributed by atoms with E-state index in [2.05, 4.69) is 16.1 Å². The number of aromatic amines is 1. The fourth-order valence-corrected chi connectivity index (χ4v) is 3.85. The van der Waals surface area contributed by atoms with Crippen molar-refractivity contribution in [1.82, 2.24) is 9.88 Å². The molecular formula is C17H21FN2. The molecule has 1 aliphatic heterocycles. The largest absolute Gasteiger partial charge is 0.361 e. The van der Waals surface area contributed by atoms with Crippen LogP contribution in [0.2, 0.25) is 0 Å². The molecular weight excluding hydrogens is 251 g/mol. The highest BCUT2D eigenvalue weighted by atomic mass is 19.1. The van der Waals surface area contributed by atoms with Gasteiger partial charge in [-0.15, -0.1) is 0 Å². The lowest BCUT2D eigenvalue weighted by Gasteiger charge is -2.38. The monoisotopic (exact) mass is 272 g/mol. The average molecular weight is 272 g/mol. The van der Waals surface area contributed by atoms with Gasteiger partial charge in [0.1, 0.15) is 5.82 Å². The molecule has 1 saturated carbocycles. The van der Waals surface area contributed by atoms with Crippen LogP contribution in [-0.4, -0.2) is 28.5 Å². The number of benzene rings is 1. The van der Waals surface area contributed by atoms with Gasteiger partial charge in [0.2, 0.25) is 0 Å². The molecule has 0 bridgehead atoms. The van der Waals surface area contributed by atoms with Crippen LogP contribution in [0.1, 0.15) is 37.7 Å². The SMILES string of the molecule is Fc1ccc2[nH]cc(CC3CCCN3C3CCC3)c2c1. The summed E-state index contributed by atoms with van der Waals surface area (Å²) < 4.78 is 13.5. The van der Waals surface area contributed by atoms with Crippen molar-refractivity contribution < 1.29 is 4.39 Å². The molecule has 0 radical (unpaired) electrons. The predicted octanol–water partition coefficient (Wildman–Crippen LogP) is 3.87. The molecule has 1 aromatic heterocycles. The van der Waals surface area contributed by atoms with E-state index in [1.165, 1.54) is 50.3 Å². The number of aromatic nitrogens is 1. The summed E-state index contributed by atoms with van der Waals surface area (Å²) in [5, 5.41) is 1.06. The summed E-state index contributed by atoms with van der Waals surface area (Å²) in [6.45, 7) is 1.26. The van der Waals surface area contributed by atoms with Crippen molar-refractivity contribution in [3.8, 4) is 0 Å². The van der Waals surface area contributed by atoms with Gasteiger partial charge in [0, 0.05) is 29.2 Å². The Morgan fingerprint density at radius 1 is 1.20 bits per heavy atom. The highest BCUT2D eigenvalue weighted by Crippen LogP contribution is 2.33. The minimum atomic E-state index is -0.138. The standard InChI is InChI=1S/C17H21FN2/c18-13-6-7-17-16(10-13)12(11-19-17)9-15-5-2-8-20(15)14-3-1-4-14/h6-7,10-11,14-15,19H,1-5,8-9H2. The van der Waals surface area contributed by atoms with Crippen molar-refractivity contribution in [3.63, 3.8) is 0 Å². The van der Waals surface area contributed by atoms with E-state index in [4.69, 9.17) is 0 Å². The molecule has 0 amide bonds. The number of hydrogen-bond acceptors (Lipinski definition) is 1. The zero-order valence-electron chi connectivity index (χ0n) is 11.7. The molecule has 3 heteroatoms. The second-order valence-electron chi connectivity index (χ2n) is 6.33. The lowest BCUT2D eigenvalue weighted by atomic mass is 9.90. The second-order valence-corrected chi connectivity index (χ2v) is 6.33. The molecule has 2 aliphatic rings. The van der Waals surface area contributed by atoms with Crippen LogP contribution in [0.25, 0.3) is 10.9 Å². The third-order valence-corrected chi connectivity index (χ3v) is 5.15. The molecule has 1 aromatic carbocycles. The zero-order valence-corrected chi connectivity index (χ0v) is 11.7. The third-order valence-electron chi connectivity index (χ3n) is 5.15. The Morgan fingerprint density at radius 3 is 2.90 bits per heavy atom. The minimum absolute atomic E-state index is 0.138. The molecule has 1 aliphatic carbocycles. The number of fused-ring (bicyclic) bond motifs is 1. The number of likely N-dealkylation sites (tertiary alicyclic amines) is 1. The third kappa shape index (κ3) is 2.05. The van der Waals surface area contributed by atoms with Gasteiger partial charge in [-0.05, 0) is 62.4 Å². The normalized spacial score (nSPS) is 24.4. The van der Waals surface area contributed by atoms with Crippen LogP contribution < -0.4 is 0 Å². The van der Waals surface area contributed by atoms with E-state index in [0.29, 0.717) is 6.04 Å². The van der Waals surface area contributed by atoms with Crippen molar-refractivity contribution in [2.45, 2.75) is 50.6 Å². The van der Waals surface area contributed by atoms with Crippen molar-refractivity contribution >= 4 is 10.9 Å². The van der Waals surface area contributed by atoms with Crippen molar-refractivity contribution in [3.05, 3.63) is 35.8 Å². The Balaban J connectivity index is 1.58. The Bertz CT molecular complexity index is 614. The van der Waals surface area contributed by atoms with E-state index >= 15 is 0 Å². The van der Waals surface area contributed by atoms with E-state index in [0.717, 1.165) is 23.4 Å². The summed E-state index contributed by atoms with van der Waals surface area (Å²) in [6.07, 6.45) is 9.88. The van der Waals surface area contributed by atoms with Gasteiger partial charge in [-0.25, -0.2) is 4.39 Å². The van der Waals surface area contributed by atoms with Crippen LogP contribution >= 0.6 is 0 Å². The summed E-state index contributed by atoms with van der Waals surface area (Å²) in [7, 11) is 0. The van der Waals surface area contributed by atoms with Crippen LogP contribution in [0.3, 0.4) is 0 Å². The fraction of sp³-hybridized carbons (Fsp3) is 0.529. The summed E-state index contributed by atoms with van der Waals surface area (Å²) in [6, 6.07) is 6.52. The molecule has 106 valence electrons. The van der Waals surface area contributed by atoms with Crippen molar-refractivity contribution in [2.75, 3.05) is 6.54 Å². The molecule has 0 spiro atoms. The Hall–Kier alpha value is -1.35. The Labute approximate surface area is 119 Å². The quantitative estimate of drug-likeness (QED) is 0.898. The number of hydrogen-bond donors (Lipinski definition) is 1. The highest BCUT2D eigenvalue weighted by molar-refractivity contribution is 5.83. The van der Waals surface area contributed by atoms with Crippen LogP contribution in [0.15, 0.2) is 24.4 Å². The van der Waals surface area contributed by atoms with E-state index in [1.54, 1.807) is 6.07 Å². The van der Waals surface area contributed by atoms with Gasteiger partial charge in [-0.1, -0.05) is 6.42 Å². The van der Waals surface area contributed by atoms with E-state index in [-0.39, 0.29) is 5.82 Å². The molecule has 20 heavy (non-hydrogen) atoms. The first-order chi connectivity index (χ1) is 9.81. The van der Waals surface area contributed by atoms with Gasteiger partial charge in [0.05, 0.1) is 0 Å². The topological polar surface area (TPSA) is 19.0 Å². The number of H-pyrrole nitrogens is 1. The van der Waals surface area contributed by atoms with Gasteiger partial charge in [-0.2, -0.15) is 0 Å². The van der Waals surface area contributed by atoms with Gasteiger partial charge >= 0.3 is 0 Å². The first-order valence-electron chi connectivity index (χ1n) is 7.82. The smallest absolute Gasteiger partial charge is 0.123 e. The van der Waals surface area contributed by atoms with Crippen LogP contribution in [-0.2, 0) is 6.42 Å². The average Bonchev–Trinajstić information content (AvgIpc) is 2.97. The number of rotatable bonds is 3. The minimum Gasteiger partial charge on any atom is -0.361 e. The summed E-state index contributed by atoms with van der Waals surface area (Å²) in [4.78, 5) is 5.99. The van der Waals surface area contributed by atoms with Gasteiger partial charge < -0.3 is 4.98 Å². The summed E-state index contributed by atoms with van der Waals surface area (Å²) in [5.41, 5.74) is 2.32. The summed E-state index contributed by atoms with van der Waals surface area (Å²) in [5.74, 6) is -0.138. The van der Waals surface area contributed by atoms with Gasteiger partial charge in [0.15, 0.2) is 0 Å². The molecule has 2 aromatic rings. The fourth-order valence-electron chi connectivity index (χ4n) is 3.85. The maximum absolute atomic E-state index is 13.5. The van der Waals surface area contributed by atoms with Gasteiger partial charge in [-0.3, -0.25) is 4.90 Å². The predicted molar refractivity (Wildman–Crippen MR) is 79.3 cm³/mol. The molecule has 2 nitrogen and oxygen atoms in total. The number of nitrogens with one attached hydrogen (secondary N) is 1. The van der Waals surface area contributed by atoms with Crippen molar-refractivity contribution in [1.29, 1.82) is 0 Å². The van der Waals surface area contributed by atoms with E-state index < -0.39 is 0 Å². The number of halogens is 1. The second kappa shape index (κ2) is 4.88. The molecule has 1 unspecified atom stereocenters. The van der Waals surface area contributed by atoms with E-state index in [1.807, 2.05) is 6.07 Å². The number of nitrogens with zero attached hydrogens (tertiary/aromatic N) is 1. The van der Waals surface area contributed by atoms with Gasteiger partial charge in [0.25, 0.3) is 0 Å². The Morgan fingerprint density at radius 2 is 2.10 bits per heavy atom. The maximum atomic E-state index is 13.5. The molecule has 1 atom stereocenters. The molecule has 2 fully saturated rings. The van der Waals surface area contributed by atoms with Crippen LogP contribution in [0.4, 0.5) is 4.39 Å². The van der Waals surface area contributed by atoms with Crippen LogP contribution in [0, 0.1) is 5.82 Å². The highest BCUT2D eigenvalue weighted by Gasteiger charge is 2.33. The zero-order chi connectivity index (χ0) is 13.5. The molecule has 2 heterocycles. The molecule has 1 N–H and O–H groups in total. The summed E-state index contributed by atoms with van der Waals surface area (Å²) >= 11 is 0. The Kier molecular flexibility index (Phi) is 3.03. The van der Waals surface area contributed by atoms with Crippen LogP contribution in [0.5, 0.6) is 0 Å². The molecule has 1 saturated heterocycles. The first kappa shape index (κ1) is 12.4. The first-order valence-corrected chi connectivity index (χ1v) is 7.82. The maximum Gasteiger partial charge on any atom is 0.123 e. The van der Waals surface area contributed by atoms with E-state index in [9.17, 15) is 4.39 Å². The molecule has 4 rings (SSSR count).